The highest BCUT2D eigenvalue weighted by atomic mass is 16.5. The van der Waals surface area contributed by atoms with Crippen molar-refractivity contribution in [1.82, 2.24) is 9.97 Å². The van der Waals surface area contributed by atoms with Crippen LogP contribution in [0.1, 0.15) is 57.1 Å². The summed E-state index contributed by atoms with van der Waals surface area (Å²) in [5.41, 5.74) is 11.0. The minimum Gasteiger partial charge on any atom is -0.497 e. The number of aromatic amines is 1. The number of carbonyl (C=O) groups excluding carboxylic acids is 1. The van der Waals surface area contributed by atoms with Crippen LogP contribution < -0.4 is 26.2 Å². The molecule has 8 nitrogen and oxygen atoms in total. The Morgan fingerprint density at radius 2 is 1.74 bits per heavy atom. The summed E-state index contributed by atoms with van der Waals surface area (Å²) in [6, 6.07) is 17.2. The van der Waals surface area contributed by atoms with E-state index in [-0.39, 0.29) is 29.1 Å². The van der Waals surface area contributed by atoms with E-state index in [0.717, 1.165) is 39.1 Å². The first-order valence-corrected chi connectivity index (χ1v) is 13.3. The monoisotopic (exact) mass is 527 g/mol. The Hall–Kier alpha value is -4.17. The molecule has 0 saturated carbocycles. The third-order valence-corrected chi connectivity index (χ3v) is 6.80. The van der Waals surface area contributed by atoms with Crippen molar-refractivity contribution < 1.29 is 9.53 Å². The zero-order valence-electron chi connectivity index (χ0n) is 23.2. The van der Waals surface area contributed by atoms with Crippen LogP contribution in [0, 0.1) is 0 Å². The number of pyridine rings is 2. The fourth-order valence-electron chi connectivity index (χ4n) is 4.69. The second kappa shape index (κ2) is 12.1. The number of ether oxygens (including phenoxy) is 1. The first-order valence-electron chi connectivity index (χ1n) is 13.3. The fourth-order valence-corrected chi connectivity index (χ4v) is 4.69. The largest absolute Gasteiger partial charge is 0.497 e. The minimum absolute atomic E-state index is 0.135. The van der Waals surface area contributed by atoms with Crippen molar-refractivity contribution in [2.75, 3.05) is 30.4 Å². The van der Waals surface area contributed by atoms with Gasteiger partial charge in [-0.15, -0.1) is 0 Å². The molecule has 2 heterocycles. The van der Waals surface area contributed by atoms with Gasteiger partial charge in [0.1, 0.15) is 17.1 Å². The highest BCUT2D eigenvalue weighted by Crippen LogP contribution is 2.38. The zero-order chi connectivity index (χ0) is 28.1. The maximum Gasteiger partial charge on any atom is 0.326 e. The number of urea groups is 1. The fraction of sp³-hybridized carbons (Fsp3) is 0.323. The van der Waals surface area contributed by atoms with E-state index in [1.165, 1.54) is 4.90 Å². The molecule has 204 valence electrons. The number of H-pyrrole nitrogens is 1. The number of aromatic nitrogens is 2. The van der Waals surface area contributed by atoms with E-state index in [0.29, 0.717) is 25.2 Å². The molecule has 0 unspecified atom stereocenters. The second-order valence-corrected chi connectivity index (χ2v) is 10.2. The number of hydrogen-bond acceptors (Lipinski definition) is 5. The third kappa shape index (κ3) is 6.12. The Morgan fingerprint density at radius 1 is 1.03 bits per heavy atom. The average molecular weight is 528 g/mol. The van der Waals surface area contributed by atoms with E-state index in [4.69, 9.17) is 10.5 Å². The lowest BCUT2D eigenvalue weighted by molar-refractivity contribution is 0.256. The summed E-state index contributed by atoms with van der Waals surface area (Å²) in [6.07, 6.45) is 2.16. The number of rotatable bonds is 9. The number of fused-ring (bicyclic) bond motifs is 1. The van der Waals surface area contributed by atoms with Crippen molar-refractivity contribution in [3.05, 3.63) is 82.3 Å². The van der Waals surface area contributed by atoms with Gasteiger partial charge in [-0.3, -0.25) is 9.69 Å². The Morgan fingerprint density at radius 3 is 2.38 bits per heavy atom. The number of methoxy groups -OCH3 is 1. The molecule has 0 saturated heterocycles. The lowest BCUT2D eigenvalue weighted by Crippen LogP contribution is -2.40. The van der Waals surface area contributed by atoms with Crippen LogP contribution >= 0.6 is 0 Å². The number of amides is 2. The van der Waals surface area contributed by atoms with Gasteiger partial charge in [0.2, 0.25) is 0 Å². The molecule has 8 heteroatoms. The topological polar surface area (TPSA) is 113 Å². The van der Waals surface area contributed by atoms with Gasteiger partial charge in [0.25, 0.3) is 5.56 Å². The summed E-state index contributed by atoms with van der Waals surface area (Å²) in [7, 11) is 1.66. The summed E-state index contributed by atoms with van der Waals surface area (Å²) in [5.74, 6) is 1.06. The van der Waals surface area contributed by atoms with Crippen LogP contribution in [0.3, 0.4) is 0 Å². The summed E-state index contributed by atoms with van der Waals surface area (Å²) in [5, 5.41) is 3.92. The minimum atomic E-state index is -0.380. The van der Waals surface area contributed by atoms with Crippen LogP contribution in [-0.4, -0.2) is 36.2 Å². The van der Waals surface area contributed by atoms with E-state index in [1.54, 1.807) is 25.4 Å². The van der Waals surface area contributed by atoms with E-state index in [9.17, 15) is 9.59 Å². The smallest absolute Gasteiger partial charge is 0.326 e. The van der Waals surface area contributed by atoms with Gasteiger partial charge >= 0.3 is 6.03 Å². The molecule has 0 spiro atoms. The van der Waals surface area contributed by atoms with Gasteiger partial charge in [0, 0.05) is 23.8 Å². The van der Waals surface area contributed by atoms with Crippen molar-refractivity contribution in [2.45, 2.75) is 46.0 Å². The quantitative estimate of drug-likeness (QED) is 0.239. The molecule has 0 radical (unpaired) electrons. The number of benzene rings is 2. The molecule has 2 amide bonds. The first kappa shape index (κ1) is 27.9. The van der Waals surface area contributed by atoms with E-state index >= 15 is 0 Å². The molecule has 2 aromatic carbocycles. The standard InChI is InChI=1S/C31H37N5O3/c1-19(2)25-16-23(21-9-6-11-24(15-21)39-5)17-26(20(3)4)28(25)34-31(38)36(14-8-12-32)27-18-22-10-7-13-33-29(22)35-30(27)37/h6-7,9-11,13,15-20H,8,12,14,32H2,1-5H3,(H,34,38)(H,33,35,37). The first-order chi connectivity index (χ1) is 18.7. The van der Waals surface area contributed by atoms with Crippen molar-refractivity contribution in [1.29, 1.82) is 0 Å². The van der Waals surface area contributed by atoms with E-state index in [2.05, 4.69) is 61.2 Å². The number of carbonyl (C=O) groups is 1. The molecular formula is C31H37N5O3. The molecule has 0 aliphatic heterocycles. The Balaban J connectivity index is 1.79. The normalized spacial score (nSPS) is 11.3. The Labute approximate surface area is 229 Å². The number of nitrogens with two attached hydrogens (primary N) is 1. The highest BCUT2D eigenvalue weighted by molar-refractivity contribution is 6.03. The molecule has 2 aromatic heterocycles. The van der Waals surface area contributed by atoms with Crippen LogP contribution in [0.5, 0.6) is 5.75 Å². The van der Waals surface area contributed by atoms with Crippen LogP contribution in [0.2, 0.25) is 0 Å². The third-order valence-electron chi connectivity index (χ3n) is 6.80. The molecule has 4 aromatic rings. The van der Waals surface area contributed by atoms with Crippen molar-refractivity contribution in [3.63, 3.8) is 0 Å². The lowest BCUT2D eigenvalue weighted by Gasteiger charge is -2.27. The van der Waals surface area contributed by atoms with Crippen LogP contribution in [0.15, 0.2) is 65.6 Å². The number of nitrogens with zero attached hydrogens (tertiary/aromatic N) is 2. The van der Waals surface area contributed by atoms with Crippen LogP contribution in [-0.2, 0) is 0 Å². The molecule has 0 atom stereocenters. The van der Waals surface area contributed by atoms with Gasteiger partial charge in [-0.2, -0.15) is 0 Å². The van der Waals surface area contributed by atoms with Crippen molar-refractivity contribution >= 4 is 28.4 Å². The zero-order valence-corrected chi connectivity index (χ0v) is 23.2. The molecule has 4 rings (SSSR count). The highest BCUT2D eigenvalue weighted by Gasteiger charge is 2.24. The molecule has 0 fully saturated rings. The molecule has 0 aliphatic carbocycles. The summed E-state index contributed by atoms with van der Waals surface area (Å²) >= 11 is 0. The van der Waals surface area contributed by atoms with Crippen LogP contribution in [0.25, 0.3) is 22.2 Å². The summed E-state index contributed by atoms with van der Waals surface area (Å²) in [6.45, 7) is 9.12. The van der Waals surface area contributed by atoms with Gasteiger partial charge in [0.15, 0.2) is 0 Å². The molecule has 4 N–H and O–H groups in total. The van der Waals surface area contributed by atoms with Crippen molar-refractivity contribution in [3.8, 4) is 16.9 Å². The SMILES string of the molecule is COc1cccc(-c2cc(C(C)C)c(NC(=O)N(CCCN)c3cc4cccnc4[nH]c3=O)c(C(C)C)c2)c1. The van der Waals surface area contributed by atoms with Gasteiger partial charge in [-0.1, -0.05) is 39.8 Å². The number of hydrogen-bond donors (Lipinski definition) is 3. The maximum atomic E-state index is 13.9. The Bertz CT molecular complexity index is 1500. The van der Waals surface area contributed by atoms with Gasteiger partial charge in [0.05, 0.1) is 7.11 Å². The van der Waals surface area contributed by atoms with Crippen molar-refractivity contribution in [2.24, 2.45) is 5.73 Å². The van der Waals surface area contributed by atoms with E-state index < -0.39 is 0 Å². The predicted molar refractivity (Wildman–Crippen MR) is 159 cm³/mol. The lowest BCUT2D eigenvalue weighted by atomic mass is 9.88. The van der Waals surface area contributed by atoms with Crippen LogP contribution in [0.4, 0.5) is 16.2 Å². The number of nitrogens with one attached hydrogen (secondary N) is 2. The number of anilines is 2. The Kier molecular flexibility index (Phi) is 8.66. The van der Waals surface area contributed by atoms with Gasteiger partial charge in [-0.05, 0) is 89.5 Å². The molecule has 0 bridgehead atoms. The van der Waals surface area contributed by atoms with Gasteiger partial charge in [-0.25, -0.2) is 9.78 Å². The molecule has 39 heavy (non-hydrogen) atoms. The molecular weight excluding hydrogens is 490 g/mol. The second-order valence-electron chi connectivity index (χ2n) is 10.2. The molecule has 0 aliphatic rings. The summed E-state index contributed by atoms with van der Waals surface area (Å²) < 4.78 is 5.44. The summed E-state index contributed by atoms with van der Waals surface area (Å²) in [4.78, 5) is 35.4. The predicted octanol–water partition coefficient (Wildman–Crippen LogP) is 6.23. The maximum absolute atomic E-state index is 13.9. The average Bonchev–Trinajstić information content (AvgIpc) is 2.93. The van der Waals surface area contributed by atoms with Gasteiger partial charge < -0.3 is 20.8 Å². The van der Waals surface area contributed by atoms with E-state index in [1.807, 2.05) is 24.3 Å².